The Morgan fingerprint density at radius 3 is 1.96 bits per heavy atom. The maximum absolute atomic E-state index is 13.3. The molecule has 0 saturated heterocycles. The van der Waals surface area contributed by atoms with Crippen molar-refractivity contribution in [3.63, 3.8) is 0 Å². The SMILES string of the molecule is CCCC1=Cc2c(ccc(CC)c2-c2cc(C(F)(F)F)cc(C(F)(F)F)c2)C1. The van der Waals surface area contributed by atoms with E-state index in [0.29, 0.717) is 18.4 Å². The molecule has 0 aliphatic heterocycles. The van der Waals surface area contributed by atoms with Crippen LogP contribution in [-0.4, -0.2) is 0 Å². The maximum Gasteiger partial charge on any atom is 0.416 e. The summed E-state index contributed by atoms with van der Waals surface area (Å²) in [6.45, 7) is 3.87. The zero-order valence-electron chi connectivity index (χ0n) is 15.6. The molecule has 1 aliphatic rings. The van der Waals surface area contributed by atoms with Gasteiger partial charge in [-0.25, -0.2) is 0 Å². The minimum Gasteiger partial charge on any atom is -0.166 e. The summed E-state index contributed by atoms with van der Waals surface area (Å²) in [4.78, 5) is 0. The summed E-state index contributed by atoms with van der Waals surface area (Å²) < 4.78 is 79.7. The van der Waals surface area contributed by atoms with Gasteiger partial charge in [-0.2, -0.15) is 26.3 Å². The van der Waals surface area contributed by atoms with Gasteiger partial charge in [0.1, 0.15) is 0 Å². The van der Waals surface area contributed by atoms with Crippen LogP contribution in [0.3, 0.4) is 0 Å². The summed E-state index contributed by atoms with van der Waals surface area (Å²) >= 11 is 0. The molecule has 0 saturated carbocycles. The lowest BCUT2D eigenvalue weighted by molar-refractivity contribution is -0.143. The third-order valence-corrected chi connectivity index (χ3v) is 5.02. The van der Waals surface area contributed by atoms with E-state index in [0.717, 1.165) is 47.2 Å². The van der Waals surface area contributed by atoms with Crippen LogP contribution in [0.25, 0.3) is 17.2 Å². The molecule has 0 nitrogen and oxygen atoms in total. The van der Waals surface area contributed by atoms with E-state index >= 15 is 0 Å². The third kappa shape index (κ3) is 3.96. The standard InChI is InChI=1S/C22H20F6/c1-3-5-13-8-15-7-6-14(4-2)20(19(15)9-13)16-10-17(21(23,24)25)12-18(11-16)22(26,27)28/h6-7,9-12H,3-5,8H2,1-2H3. The van der Waals surface area contributed by atoms with E-state index in [1.54, 1.807) is 0 Å². The van der Waals surface area contributed by atoms with Crippen molar-refractivity contribution in [2.75, 3.05) is 0 Å². The second-order valence-corrected chi connectivity index (χ2v) is 7.05. The number of allylic oxidation sites excluding steroid dienone is 1. The first-order chi connectivity index (χ1) is 13.0. The summed E-state index contributed by atoms with van der Waals surface area (Å²) in [6, 6.07) is 5.57. The normalized spacial score (nSPS) is 14.2. The minimum absolute atomic E-state index is 0.0372. The molecule has 150 valence electrons. The Balaban J connectivity index is 2.28. The second-order valence-electron chi connectivity index (χ2n) is 7.05. The molecule has 3 rings (SSSR count). The lowest BCUT2D eigenvalue weighted by Crippen LogP contribution is -2.11. The fourth-order valence-corrected chi connectivity index (χ4v) is 3.74. The molecule has 28 heavy (non-hydrogen) atoms. The van der Waals surface area contributed by atoms with Gasteiger partial charge in [0, 0.05) is 0 Å². The molecule has 0 amide bonds. The highest BCUT2D eigenvalue weighted by Gasteiger charge is 2.37. The van der Waals surface area contributed by atoms with E-state index in [2.05, 4.69) is 0 Å². The van der Waals surface area contributed by atoms with Crippen molar-refractivity contribution in [1.82, 2.24) is 0 Å². The van der Waals surface area contributed by atoms with Gasteiger partial charge in [0.15, 0.2) is 0 Å². The highest BCUT2D eigenvalue weighted by atomic mass is 19.4. The van der Waals surface area contributed by atoms with Crippen molar-refractivity contribution >= 4 is 6.08 Å². The van der Waals surface area contributed by atoms with Crippen LogP contribution in [0, 0.1) is 0 Å². The van der Waals surface area contributed by atoms with E-state index in [9.17, 15) is 26.3 Å². The molecule has 0 N–H and O–H groups in total. The Morgan fingerprint density at radius 2 is 1.46 bits per heavy atom. The zero-order valence-corrected chi connectivity index (χ0v) is 15.6. The lowest BCUT2D eigenvalue weighted by Gasteiger charge is -2.18. The van der Waals surface area contributed by atoms with E-state index < -0.39 is 23.5 Å². The van der Waals surface area contributed by atoms with Gasteiger partial charge in [-0.05, 0) is 65.3 Å². The Kier molecular flexibility index (Phi) is 5.34. The number of hydrogen-bond acceptors (Lipinski definition) is 0. The van der Waals surface area contributed by atoms with E-state index in [1.807, 2.05) is 32.1 Å². The number of rotatable bonds is 4. The van der Waals surface area contributed by atoms with Gasteiger partial charge in [0.05, 0.1) is 11.1 Å². The van der Waals surface area contributed by atoms with Crippen LogP contribution in [0.4, 0.5) is 26.3 Å². The smallest absolute Gasteiger partial charge is 0.166 e. The Labute approximate surface area is 159 Å². The molecule has 0 spiro atoms. The van der Waals surface area contributed by atoms with Crippen molar-refractivity contribution in [3.05, 3.63) is 63.7 Å². The molecule has 2 aromatic rings. The van der Waals surface area contributed by atoms with Crippen LogP contribution in [0.2, 0.25) is 0 Å². The quantitative estimate of drug-likeness (QED) is 0.463. The monoisotopic (exact) mass is 398 g/mol. The number of fused-ring (bicyclic) bond motifs is 1. The summed E-state index contributed by atoms with van der Waals surface area (Å²) in [5.41, 5.74) is 1.44. The van der Waals surface area contributed by atoms with Crippen molar-refractivity contribution < 1.29 is 26.3 Å². The van der Waals surface area contributed by atoms with Crippen LogP contribution in [0.1, 0.15) is 54.5 Å². The molecule has 0 heterocycles. The van der Waals surface area contributed by atoms with Crippen molar-refractivity contribution in [1.29, 1.82) is 0 Å². The van der Waals surface area contributed by atoms with E-state index in [1.165, 1.54) is 0 Å². The van der Waals surface area contributed by atoms with Gasteiger partial charge in [-0.1, -0.05) is 44.1 Å². The first kappa shape index (κ1) is 20.5. The highest BCUT2D eigenvalue weighted by molar-refractivity contribution is 5.83. The summed E-state index contributed by atoms with van der Waals surface area (Å²) in [5, 5.41) is 0. The molecule has 0 radical (unpaired) electrons. The summed E-state index contributed by atoms with van der Waals surface area (Å²) in [5.74, 6) is 0. The molecule has 0 aromatic heterocycles. The predicted octanol–water partition coefficient (Wildman–Crippen LogP) is 7.69. The van der Waals surface area contributed by atoms with E-state index in [4.69, 9.17) is 0 Å². The molecule has 6 heteroatoms. The lowest BCUT2D eigenvalue weighted by atomic mass is 9.89. The number of alkyl halides is 6. The topological polar surface area (TPSA) is 0 Å². The molecular formula is C22H20F6. The Hall–Kier alpha value is -2.24. The van der Waals surface area contributed by atoms with Crippen LogP contribution in [0.5, 0.6) is 0 Å². The Morgan fingerprint density at radius 1 is 0.857 bits per heavy atom. The first-order valence-electron chi connectivity index (χ1n) is 9.18. The number of halogens is 6. The zero-order chi connectivity index (χ0) is 20.7. The van der Waals surface area contributed by atoms with Crippen molar-refractivity contribution in [2.24, 2.45) is 0 Å². The fourth-order valence-electron chi connectivity index (χ4n) is 3.74. The average molecular weight is 398 g/mol. The summed E-state index contributed by atoms with van der Waals surface area (Å²) in [7, 11) is 0. The molecule has 2 aromatic carbocycles. The average Bonchev–Trinajstić information content (AvgIpc) is 3.01. The fraction of sp³-hybridized carbons (Fsp3) is 0.364. The third-order valence-electron chi connectivity index (χ3n) is 5.02. The molecule has 0 unspecified atom stereocenters. The minimum atomic E-state index is -4.86. The van der Waals surface area contributed by atoms with Gasteiger partial charge in [0.25, 0.3) is 0 Å². The predicted molar refractivity (Wildman–Crippen MR) is 97.8 cm³/mol. The van der Waals surface area contributed by atoms with Crippen LogP contribution < -0.4 is 0 Å². The van der Waals surface area contributed by atoms with Crippen molar-refractivity contribution in [2.45, 2.75) is 51.9 Å². The number of hydrogen-bond donors (Lipinski definition) is 0. The largest absolute Gasteiger partial charge is 0.416 e. The van der Waals surface area contributed by atoms with Crippen LogP contribution >= 0.6 is 0 Å². The van der Waals surface area contributed by atoms with Crippen LogP contribution in [0.15, 0.2) is 35.9 Å². The van der Waals surface area contributed by atoms with Gasteiger partial charge in [0.2, 0.25) is 0 Å². The summed E-state index contributed by atoms with van der Waals surface area (Å²) in [6.07, 6.45) is -4.81. The molecular weight excluding hydrogens is 378 g/mol. The number of benzene rings is 2. The highest BCUT2D eigenvalue weighted by Crippen LogP contribution is 2.43. The molecule has 0 atom stereocenters. The van der Waals surface area contributed by atoms with Crippen LogP contribution in [-0.2, 0) is 25.2 Å². The van der Waals surface area contributed by atoms with Gasteiger partial charge in [-0.3, -0.25) is 0 Å². The second kappa shape index (κ2) is 7.30. The van der Waals surface area contributed by atoms with Crippen molar-refractivity contribution in [3.8, 4) is 11.1 Å². The molecule has 1 aliphatic carbocycles. The molecule has 0 fully saturated rings. The van der Waals surface area contributed by atoms with Gasteiger partial charge < -0.3 is 0 Å². The van der Waals surface area contributed by atoms with Gasteiger partial charge in [-0.15, -0.1) is 0 Å². The van der Waals surface area contributed by atoms with Gasteiger partial charge >= 0.3 is 12.4 Å². The van der Waals surface area contributed by atoms with E-state index in [-0.39, 0.29) is 11.6 Å². The first-order valence-corrected chi connectivity index (χ1v) is 9.18. The Bertz CT molecular complexity index is 884. The maximum atomic E-state index is 13.3. The molecule has 0 bridgehead atoms. The number of aryl methyl sites for hydroxylation is 1.